The van der Waals surface area contributed by atoms with E-state index in [4.69, 9.17) is 9.52 Å². The largest absolute Gasteiger partial charge is 0.361 e. The van der Waals surface area contributed by atoms with Crippen LogP contribution in [-0.2, 0) is 6.54 Å². The molecule has 150 valence electrons. The molecule has 0 bridgehead atoms. The van der Waals surface area contributed by atoms with Crippen LogP contribution >= 0.6 is 35.7 Å². The Morgan fingerprint density at radius 1 is 1.26 bits per heavy atom. The molecule has 7 heteroatoms. The lowest BCUT2D eigenvalue weighted by atomic mass is 10.00. The molecule has 5 nitrogen and oxygen atoms in total. The summed E-state index contributed by atoms with van der Waals surface area (Å²) in [6, 6.07) is 6.53. The van der Waals surface area contributed by atoms with Crippen molar-refractivity contribution in [2.45, 2.75) is 52.0 Å². The first kappa shape index (κ1) is 23.8. The van der Waals surface area contributed by atoms with Gasteiger partial charge in [-0.1, -0.05) is 24.2 Å². The van der Waals surface area contributed by atoms with E-state index in [-0.39, 0.29) is 24.0 Å². The SMILES string of the molecule is CCNC(=NCc1ccc(C)cc1SC)NCC(C)c1c(C)noc1C.I. The average Bonchev–Trinajstić information content (AvgIpc) is 2.96. The molecule has 0 fully saturated rings. The molecular weight excluding hydrogens is 471 g/mol. The Bertz CT molecular complexity index is 741. The molecule has 0 radical (unpaired) electrons. The van der Waals surface area contributed by atoms with E-state index >= 15 is 0 Å². The van der Waals surface area contributed by atoms with Crippen LogP contribution in [0.1, 0.15) is 47.9 Å². The first-order valence-electron chi connectivity index (χ1n) is 9.04. The van der Waals surface area contributed by atoms with Crippen molar-refractivity contribution in [2.75, 3.05) is 19.3 Å². The molecule has 0 saturated carbocycles. The molecule has 1 unspecified atom stereocenters. The fourth-order valence-electron chi connectivity index (χ4n) is 3.03. The van der Waals surface area contributed by atoms with Crippen LogP contribution in [0.3, 0.4) is 0 Å². The van der Waals surface area contributed by atoms with E-state index in [0.29, 0.717) is 12.5 Å². The average molecular weight is 502 g/mol. The van der Waals surface area contributed by atoms with Gasteiger partial charge in [-0.3, -0.25) is 0 Å². The molecule has 0 spiro atoms. The van der Waals surface area contributed by atoms with E-state index in [1.807, 2.05) is 13.8 Å². The Morgan fingerprint density at radius 2 is 2.00 bits per heavy atom. The fraction of sp³-hybridized carbons (Fsp3) is 0.500. The zero-order valence-corrected chi connectivity index (χ0v) is 20.2. The van der Waals surface area contributed by atoms with Gasteiger partial charge in [-0.05, 0) is 51.1 Å². The van der Waals surface area contributed by atoms with E-state index in [9.17, 15) is 0 Å². The highest BCUT2D eigenvalue weighted by Crippen LogP contribution is 2.23. The Hall–Kier alpha value is -1.22. The smallest absolute Gasteiger partial charge is 0.191 e. The highest BCUT2D eigenvalue weighted by Gasteiger charge is 2.16. The maximum Gasteiger partial charge on any atom is 0.191 e. The van der Waals surface area contributed by atoms with Gasteiger partial charge >= 0.3 is 0 Å². The van der Waals surface area contributed by atoms with Gasteiger partial charge in [0.15, 0.2) is 5.96 Å². The molecule has 1 aromatic carbocycles. The minimum absolute atomic E-state index is 0. The zero-order valence-electron chi connectivity index (χ0n) is 17.0. The summed E-state index contributed by atoms with van der Waals surface area (Å²) in [6.45, 7) is 12.6. The molecule has 2 rings (SSSR count). The quantitative estimate of drug-likeness (QED) is 0.247. The van der Waals surface area contributed by atoms with Crippen molar-refractivity contribution < 1.29 is 4.52 Å². The molecule has 0 aliphatic heterocycles. The Morgan fingerprint density at radius 3 is 2.59 bits per heavy atom. The van der Waals surface area contributed by atoms with Crippen LogP contribution in [0.2, 0.25) is 0 Å². The van der Waals surface area contributed by atoms with Crippen LogP contribution in [-0.4, -0.2) is 30.5 Å². The Kier molecular flexibility index (Phi) is 10.2. The number of nitrogens with one attached hydrogen (secondary N) is 2. The van der Waals surface area contributed by atoms with Gasteiger partial charge in [0.05, 0.1) is 12.2 Å². The van der Waals surface area contributed by atoms with E-state index < -0.39 is 0 Å². The first-order chi connectivity index (χ1) is 12.5. The summed E-state index contributed by atoms with van der Waals surface area (Å²) in [5, 5.41) is 10.8. The maximum atomic E-state index is 5.29. The van der Waals surface area contributed by atoms with Crippen LogP contribution in [0.5, 0.6) is 0 Å². The number of hydrogen-bond acceptors (Lipinski definition) is 4. The van der Waals surface area contributed by atoms with Gasteiger partial charge in [0.25, 0.3) is 0 Å². The molecule has 2 N–H and O–H groups in total. The maximum absolute atomic E-state index is 5.29. The lowest BCUT2D eigenvalue weighted by Gasteiger charge is -2.16. The van der Waals surface area contributed by atoms with Crippen LogP contribution in [0.15, 0.2) is 32.6 Å². The van der Waals surface area contributed by atoms with Crippen molar-refractivity contribution in [2.24, 2.45) is 4.99 Å². The summed E-state index contributed by atoms with van der Waals surface area (Å²) in [5.41, 5.74) is 4.67. The van der Waals surface area contributed by atoms with Gasteiger partial charge in [-0.15, -0.1) is 35.7 Å². The minimum atomic E-state index is 0. The fourth-order valence-corrected chi connectivity index (χ4v) is 3.73. The lowest BCUT2D eigenvalue weighted by molar-refractivity contribution is 0.391. The summed E-state index contributed by atoms with van der Waals surface area (Å²) in [4.78, 5) is 6.05. The Labute approximate surface area is 184 Å². The molecule has 2 aromatic rings. The number of nitrogens with zero attached hydrogens (tertiary/aromatic N) is 2. The van der Waals surface area contributed by atoms with Gasteiger partial charge in [-0.25, -0.2) is 4.99 Å². The number of rotatable bonds is 7. The topological polar surface area (TPSA) is 62.5 Å². The third-order valence-electron chi connectivity index (χ3n) is 4.35. The molecule has 1 atom stereocenters. The second kappa shape index (κ2) is 11.6. The predicted molar refractivity (Wildman–Crippen MR) is 126 cm³/mol. The normalized spacial score (nSPS) is 12.4. The summed E-state index contributed by atoms with van der Waals surface area (Å²) < 4.78 is 5.29. The van der Waals surface area contributed by atoms with E-state index in [0.717, 1.165) is 30.5 Å². The standard InChI is InChI=1S/C20H30N4OS.HI/c1-7-21-20(22-11-14(3)19-15(4)24-25-16(19)5)23-12-17-9-8-13(2)10-18(17)26-6;/h8-10,14H,7,11-12H2,1-6H3,(H2,21,22,23);1H. The molecule has 0 aliphatic rings. The monoisotopic (exact) mass is 502 g/mol. The van der Waals surface area contributed by atoms with Crippen molar-refractivity contribution >= 4 is 41.7 Å². The zero-order chi connectivity index (χ0) is 19.1. The second-order valence-corrected chi connectivity index (χ2v) is 7.38. The molecule has 0 aliphatic carbocycles. The number of guanidine groups is 1. The molecule has 1 aromatic heterocycles. The number of thioether (sulfide) groups is 1. The van der Waals surface area contributed by atoms with Gasteiger partial charge in [-0.2, -0.15) is 0 Å². The summed E-state index contributed by atoms with van der Waals surface area (Å²) in [6.07, 6.45) is 2.11. The third kappa shape index (κ3) is 6.71. The van der Waals surface area contributed by atoms with Crippen LogP contribution in [0, 0.1) is 20.8 Å². The van der Waals surface area contributed by atoms with E-state index in [2.05, 4.69) is 61.0 Å². The second-order valence-electron chi connectivity index (χ2n) is 6.53. The summed E-state index contributed by atoms with van der Waals surface area (Å²) in [7, 11) is 0. The summed E-state index contributed by atoms with van der Waals surface area (Å²) >= 11 is 1.77. The van der Waals surface area contributed by atoms with Crippen molar-refractivity contribution in [3.05, 3.63) is 46.3 Å². The number of aryl methyl sites for hydroxylation is 3. The Balaban J connectivity index is 0.00000364. The number of hydrogen-bond donors (Lipinski definition) is 2. The number of aliphatic imine (C=N–C) groups is 1. The van der Waals surface area contributed by atoms with Crippen molar-refractivity contribution in [3.63, 3.8) is 0 Å². The van der Waals surface area contributed by atoms with E-state index in [1.54, 1.807) is 11.8 Å². The van der Waals surface area contributed by atoms with Crippen molar-refractivity contribution in [1.82, 2.24) is 15.8 Å². The molecule has 1 heterocycles. The minimum Gasteiger partial charge on any atom is -0.361 e. The van der Waals surface area contributed by atoms with Gasteiger partial charge < -0.3 is 15.2 Å². The molecular formula is C20H31IN4OS. The van der Waals surface area contributed by atoms with Crippen LogP contribution < -0.4 is 10.6 Å². The number of benzene rings is 1. The van der Waals surface area contributed by atoms with Crippen molar-refractivity contribution in [3.8, 4) is 0 Å². The van der Waals surface area contributed by atoms with E-state index in [1.165, 1.54) is 21.6 Å². The predicted octanol–water partition coefficient (Wildman–Crippen LogP) is 4.80. The lowest BCUT2D eigenvalue weighted by Crippen LogP contribution is -2.39. The highest BCUT2D eigenvalue weighted by atomic mass is 127. The van der Waals surface area contributed by atoms with Crippen LogP contribution in [0.4, 0.5) is 0 Å². The first-order valence-corrected chi connectivity index (χ1v) is 10.3. The molecule has 0 amide bonds. The van der Waals surface area contributed by atoms with Crippen molar-refractivity contribution in [1.29, 1.82) is 0 Å². The third-order valence-corrected chi connectivity index (χ3v) is 5.17. The van der Waals surface area contributed by atoms with Gasteiger partial charge in [0, 0.05) is 29.5 Å². The number of halogens is 1. The molecule has 27 heavy (non-hydrogen) atoms. The number of aromatic nitrogens is 1. The summed E-state index contributed by atoms with van der Waals surface area (Å²) in [5.74, 6) is 2.02. The van der Waals surface area contributed by atoms with Gasteiger partial charge in [0.2, 0.25) is 0 Å². The molecule has 0 saturated heterocycles. The van der Waals surface area contributed by atoms with Gasteiger partial charge in [0.1, 0.15) is 5.76 Å². The highest BCUT2D eigenvalue weighted by molar-refractivity contribution is 14.0. The van der Waals surface area contributed by atoms with Crippen LogP contribution in [0.25, 0.3) is 0 Å².